The van der Waals surface area contributed by atoms with Crippen LogP contribution in [0.1, 0.15) is 22.3 Å². The SMILES string of the molecule is CNC(=O)c1ccc(NCC2CCN(c3cc(Cl)ccc3C)C2)c([N+](=O)[O-])c1. The largest absolute Gasteiger partial charge is 0.379 e. The molecule has 0 aromatic heterocycles. The summed E-state index contributed by atoms with van der Waals surface area (Å²) in [6.07, 6.45) is 0.989. The molecule has 0 bridgehead atoms. The smallest absolute Gasteiger partial charge is 0.293 e. The Labute approximate surface area is 168 Å². The van der Waals surface area contributed by atoms with E-state index in [1.807, 2.05) is 18.2 Å². The fourth-order valence-corrected chi connectivity index (χ4v) is 3.68. The van der Waals surface area contributed by atoms with E-state index in [1.165, 1.54) is 18.7 Å². The molecule has 1 aliphatic heterocycles. The van der Waals surface area contributed by atoms with E-state index in [0.29, 0.717) is 23.2 Å². The standard InChI is InChI=1S/C20H23ClN4O3/c1-13-3-5-16(21)10-18(13)24-8-7-14(12-24)11-23-17-6-4-15(20(26)22-2)9-19(17)25(27)28/h3-6,9-10,14,23H,7-8,11-12H2,1-2H3,(H,22,26). The minimum atomic E-state index is -0.467. The highest BCUT2D eigenvalue weighted by Gasteiger charge is 2.25. The van der Waals surface area contributed by atoms with Crippen molar-refractivity contribution in [1.82, 2.24) is 5.32 Å². The Morgan fingerprint density at radius 3 is 2.82 bits per heavy atom. The lowest BCUT2D eigenvalue weighted by Crippen LogP contribution is -2.23. The number of carbonyl (C=O) groups is 1. The van der Waals surface area contributed by atoms with Gasteiger partial charge in [0.15, 0.2) is 0 Å². The second kappa shape index (κ2) is 8.48. The van der Waals surface area contributed by atoms with Gasteiger partial charge in [-0.15, -0.1) is 0 Å². The molecule has 3 rings (SSSR count). The van der Waals surface area contributed by atoms with E-state index in [0.717, 1.165) is 25.2 Å². The highest BCUT2D eigenvalue weighted by Crippen LogP contribution is 2.31. The minimum Gasteiger partial charge on any atom is -0.379 e. The molecule has 2 aromatic rings. The first-order chi connectivity index (χ1) is 13.4. The normalized spacial score (nSPS) is 16.1. The summed E-state index contributed by atoms with van der Waals surface area (Å²) in [6, 6.07) is 10.4. The molecule has 1 unspecified atom stereocenters. The third kappa shape index (κ3) is 4.36. The Hall–Kier alpha value is -2.80. The zero-order valence-electron chi connectivity index (χ0n) is 15.9. The highest BCUT2D eigenvalue weighted by molar-refractivity contribution is 6.30. The van der Waals surface area contributed by atoms with Crippen LogP contribution in [0.25, 0.3) is 0 Å². The molecule has 1 heterocycles. The van der Waals surface area contributed by atoms with Crippen molar-refractivity contribution in [1.29, 1.82) is 0 Å². The number of amides is 1. The van der Waals surface area contributed by atoms with Gasteiger partial charge >= 0.3 is 0 Å². The highest BCUT2D eigenvalue weighted by atomic mass is 35.5. The lowest BCUT2D eigenvalue weighted by atomic mass is 10.1. The van der Waals surface area contributed by atoms with Crippen LogP contribution in [0.3, 0.4) is 0 Å². The molecule has 8 heteroatoms. The minimum absolute atomic E-state index is 0.0957. The van der Waals surface area contributed by atoms with Crippen LogP contribution in [-0.4, -0.2) is 37.5 Å². The summed E-state index contributed by atoms with van der Waals surface area (Å²) in [4.78, 5) is 25.0. The molecular weight excluding hydrogens is 380 g/mol. The second-order valence-corrected chi connectivity index (χ2v) is 7.42. The van der Waals surface area contributed by atoms with Crippen LogP contribution < -0.4 is 15.5 Å². The molecule has 1 fully saturated rings. The Morgan fingerprint density at radius 2 is 2.11 bits per heavy atom. The van der Waals surface area contributed by atoms with Gasteiger partial charge in [-0.25, -0.2) is 0 Å². The van der Waals surface area contributed by atoms with E-state index >= 15 is 0 Å². The van der Waals surface area contributed by atoms with Gasteiger partial charge in [-0.2, -0.15) is 0 Å². The summed E-state index contributed by atoms with van der Waals surface area (Å²) in [5.41, 5.74) is 2.91. The summed E-state index contributed by atoms with van der Waals surface area (Å²) in [5, 5.41) is 17.8. The maximum absolute atomic E-state index is 11.7. The Bertz CT molecular complexity index is 903. The number of nitro benzene ring substituents is 1. The topological polar surface area (TPSA) is 87.5 Å². The number of nitrogens with one attached hydrogen (secondary N) is 2. The number of hydrogen-bond donors (Lipinski definition) is 2. The number of nitro groups is 1. The first-order valence-electron chi connectivity index (χ1n) is 9.14. The number of benzene rings is 2. The molecule has 2 aromatic carbocycles. The number of carbonyl (C=O) groups excluding carboxylic acids is 1. The average molecular weight is 403 g/mol. The van der Waals surface area contributed by atoms with Gasteiger partial charge in [-0.3, -0.25) is 14.9 Å². The van der Waals surface area contributed by atoms with Crippen LogP contribution in [0.4, 0.5) is 17.1 Å². The van der Waals surface area contributed by atoms with Crippen molar-refractivity contribution in [2.75, 3.05) is 36.9 Å². The van der Waals surface area contributed by atoms with Crippen molar-refractivity contribution in [3.8, 4) is 0 Å². The number of anilines is 2. The zero-order chi connectivity index (χ0) is 20.3. The maximum atomic E-state index is 11.7. The molecule has 28 heavy (non-hydrogen) atoms. The summed E-state index contributed by atoms with van der Waals surface area (Å²) >= 11 is 6.13. The molecule has 0 aliphatic carbocycles. The van der Waals surface area contributed by atoms with Crippen LogP contribution in [0.5, 0.6) is 0 Å². The monoisotopic (exact) mass is 402 g/mol. The third-order valence-corrected chi connectivity index (χ3v) is 5.30. The fourth-order valence-electron chi connectivity index (χ4n) is 3.51. The number of rotatable bonds is 6. The van der Waals surface area contributed by atoms with Gasteiger partial charge < -0.3 is 15.5 Å². The van der Waals surface area contributed by atoms with Gasteiger partial charge in [0.05, 0.1) is 4.92 Å². The Morgan fingerprint density at radius 1 is 1.32 bits per heavy atom. The molecule has 0 saturated carbocycles. The van der Waals surface area contributed by atoms with Crippen molar-refractivity contribution >= 4 is 34.6 Å². The molecule has 2 N–H and O–H groups in total. The molecule has 7 nitrogen and oxygen atoms in total. The molecule has 1 saturated heterocycles. The molecule has 1 amide bonds. The zero-order valence-corrected chi connectivity index (χ0v) is 16.6. The molecule has 0 radical (unpaired) electrons. The second-order valence-electron chi connectivity index (χ2n) is 6.98. The quantitative estimate of drug-likeness (QED) is 0.566. The van der Waals surface area contributed by atoms with Crippen LogP contribution in [-0.2, 0) is 0 Å². The van der Waals surface area contributed by atoms with Crippen molar-refractivity contribution in [3.63, 3.8) is 0 Å². The summed E-state index contributed by atoms with van der Waals surface area (Å²) in [6.45, 7) is 4.47. The number of aryl methyl sites for hydroxylation is 1. The lowest BCUT2D eigenvalue weighted by molar-refractivity contribution is -0.384. The van der Waals surface area contributed by atoms with Crippen LogP contribution in [0.15, 0.2) is 36.4 Å². The first-order valence-corrected chi connectivity index (χ1v) is 9.52. The van der Waals surface area contributed by atoms with E-state index in [4.69, 9.17) is 11.6 Å². The third-order valence-electron chi connectivity index (χ3n) is 5.06. The van der Waals surface area contributed by atoms with Crippen molar-refractivity contribution in [3.05, 3.63) is 62.7 Å². The summed E-state index contributed by atoms with van der Waals surface area (Å²) in [5.74, 6) is 0.00887. The van der Waals surface area contributed by atoms with Gasteiger partial charge in [0.25, 0.3) is 11.6 Å². The summed E-state index contributed by atoms with van der Waals surface area (Å²) in [7, 11) is 1.49. The van der Waals surface area contributed by atoms with Gasteiger partial charge in [0.2, 0.25) is 0 Å². The van der Waals surface area contributed by atoms with Gasteiger partial charge in [-0.1, -0.05) is 17.7 Å². The van der Waals surface area contributed by atoms with Crippen molar-refractivity contribution in [2.45, 2.75) is 13.3 Å². The Balaban J connectivity index is 1.67. The number of halogens is 1. The van der Waals surface area contributed by atoms with Crippen molar-refractivity contribution < 1.29 is 9.72 Å². The maximum Gasteiger partial charge on any atom is 0.293 e. The van der Waals surface area contributed by atoms with E-state index in [1.54, 1.807) is 12.1 Å². The molecule has 0 spiro atoms. The number of nitrogens with zero attached hydrogens (tertiary/aromatic N) is 2. The van der Waals surface area contributed by atoms with Crippen LogP contribution >= 0.6 is 11.6 Å². The molecule has 1 aliphatic rings. The fraction of sp³-hybridized carbons (Fsp3) is 0.350. The van der Waals surface area contributed by atoms with E-state index in [-0.39, 0.29) is 17.2 Å². The van der Waals surface area contributed by atoms with Gasteiger partial charge in [-0.05, 0) is 49.1 Å². The van der Waals surface area contributed by atoms with Crippen molar-refractivity contribution in [2.24, 2.45) is 5.92 Å². The van der Waals surface area contributed by atoms with Crippen LogP contribution in [0.2, 0.25) is 5.02 Å². The van der Waals surface area contributed by atoms with Crippen LogP contribution in [0, 0.1) is 23.0 Å². The van der Waals surface area contributed by atoms with E-state index in [2.05, 4.69) is 22.5 Å². The predicted octanol–water partition coefficient (Wildman–Crippen LogP) is 3.85. The number of hydrogen-bond acceptors (Lipinski definition) is 5. The van der Waals surface area contributed by atoms with E-state index in [9.17, 15) is 14.9 Å². The molecular formula is C20H23ClN4O3. The Kier molecular flexibility index (Phi) is 6.04. The van der Waals surface area contributed by atoms with E-state index < -0.39 is 4.92 Å². The lowest BCUT2D eigenvalue weighted by Gasteiger charge is -2.21. The predicted molar refractivity (Wildman–Crippen MR) is 111 cm³/mol. The average Bonchev–Trinajstić information content (AvgIpc) is 3.16. The first kappa shape index (κ1) is 19.9. The van der Waals surface area contributed by atoms with Gasteiger partial charge in [0.1, 0.15) is 5.69 Å². The van der Waals surface area contributed by atoms with Gasteiger partial charge in [0, 0.05) is 49.0 Å². The molecule has 148 valence electrons. The summed E-state index contributed by atoms with van der Waals surface area (Å²) < 4.78 is 0. The molecule has 1 atom stereocenters.